The van der Waals surface area contributed by atoms with Crippen molar-refractivity contribution in [1.29, 1.82) is 0 Å². The van der Waals surface area contributed by atoms with Crippen LogP contribution in [0.4, 0.5) is 0 Å². The molecule has 1 aromatic heterocycles. The molecular weight excluding hydrogens is 907 g/mol. The van der Waals surface area contributed by atoms with E-state index in [2.05, 4.69) is 41.9 Å². The van der Waals surface area contributed by atoms with Crippen LogP contribution in [0.1, 0.15) is 102 Å². The molecule has 390 valence electrons. The number of benzene rings is 1. The van der Waals surface area contributed by atoms with Crippen LogP contribution in [0.3, 0.4) is 0 Å². The Morgan fingerprint density at radius 1 is 0.700 bits per heavy atom. The first-order valence-corrected chi connectivity index (χ1v) is 24.3. The fraction of sp³-hybridized carbons (Fsp3) is 0.630. The molecule has 20 N–H and O–H groups in total. The fourth-order valence-corrected chi connectivity index (χ4v) is 8.05. The Bertz CT molecular complexity index is 2060. The van der Waals surface area contributed by atoms with Gasteiger partial charge < -0.3 is 81.3 Å². The highest BCUT2D eigenvalue weighted by Crippen LogP contribution is 2.21. The average Bonchev–Trinajstić information content (AvgIpc) is 3.74. The number of unbranched alkanes of at least 4 members (excludes halogenated alkanes) is 3. The van der Waals surface area contributed by atoms with Crippen molar-refractivity contribution in [2.45, 2.75) is 146 Å². The topological polar surface area (TPSA) is 416 Å². The summed E-state index contributed by atoms with van der Waals surface area (Å²) in [6.07, 6.45) is 6.81. The minimum Gasteiger partial charge on any atom is -0.480 e. The molecule has 1 saturated heterocycles. The number of amides is 7. The number of hydrogen-bond acceptors (Lipinski definition) is 13. The Hall–Kier alpha value is -6.37. The summed E-state index contributed by atoms with van der Waals surface area (Å²) < 4.78 is 0. The van der Waals surface area contributed by atoms with E-state index >= 15 is 0 Å². The Kier molecular flexibility index (Phi) is 25.6. The number of carboxylic acids is 1. The highest BCUT2D eigenvalue weighted by molar-refractivity contribution is 5.97. The molecule has 2 aromatic rings. The molecular formula is C46H77N15O9. The van der Waals surface area contributed by atoms with E-state index in [0.717, 1.165) is 10.9 Å². The maximum absolute atomic E-state index is 14.4. The van der Waals surface area contributed by atoms with Crippen LogP contribution >= 0.6 is 0 Å². The van der Waals surface area contributed by atoms with Crippen LogP contribution in [-0.2, 0) is 44.8 Å². The van der Waals surface area contributed by atoms with Gasteiger partial charge in [-0.3, -0.25) is 38.6 Å². The van der Waals surface area contributed by atoms with Crippen LogP contribution in [0.25, 0.3) is 10.9 Å². The van der Waals surface area contributed by atoms with E-state index in [0.29, 0.717) is 83.0 Å². The smallest absolute Gasteiger partial charge is 0.326 e. The lowest BCUT2D eigenvalue weighted by Gasteiger charge is -2.36. The number of aromatic nitrogens is 1. The molecule has 0 spiro atoms. The van der Waals surface area contributed by atoms with Crippen molar-refractivity contribution in [3.05, 3.63) is 36.0 Å². The molecule has 2 heterocycles. The molecule has 24 nitrogen and oxygen atoms in total. The van der Waals surface area contributed by atoms with Gasteiger partial charge in [-0.25, -0.2) is 4.79 Å². The number of guanidine groups is 1. The maximum atomic E-state index is 14.4. The van der Waals surface area contributed by atoms with Gasteiger partial charge in [0.15, 0.2) is 5.96 Å². The molecule has 70 heavy (non-hydrogen) atoms. The highest BCUT2D eigenvalue weighted by atomic mass is 16.4. The molecule has 1 fully saturated rings. The van der Waals surface area contributed by atoms with E-state index in [1.165, 1.54) is 11.8 Å². The number of para-hydroxylation sites is 1. The van der Waals surface area contributed by atoms with E-state index in [9.17, 15) is 43.5 Å². The number of carboxylic acid groups (broad SMARTS) is 1. The molecule has 1 aliphatic rings. The number of aliphatic carboxylic acids is 1. The zero-order valence-electron chi connectivity index (χ0n) is 40.3. The maximum Gasteiger partial charge on any atom is 0.326 e. The van der Waals surface area contributed by atoms with Crippen LogP contribution in [0.15, 0.2) is 35.5 Å². The molecule has 0 radical (unpaired) electrons. The quantitative estimate of drug-likeness (QED) is 0.0205. The highest BCUT2D eigenvalue weighted by Gasteiger charge is 2.36. The van der Waals surface area contributed by atoms with Gasteiger partial charge in [0, 0.05) is 36.6 Å². The first-order valence-electron chi connectivity index (χ1n) is 24.3. The van der Waals surface area contributed by atoms with Crippen molar-refractivity contribution < 1.29 is 43.5 Å². The van der Waals surface area contributed by atoms with E-state index in [1.807, 2.05) is 24.3 Å². The molecule has 7 amide bonds. The van der Waals surface area contributed by atoms with Crippen LogP contribution in [0.5, 0.6) is 0 Å². The minimum absolute atomic E-state index is 0.0400. The number of likely N-dealkylation sites (tertiary alicyclic amines) is 1. The third kappa shape index (κ3) is 19.6. The predicted molar refractivity (Wildman–Crippen MR) is 264 cm³/mol. The number of hydrogen-bond donors (Lipinski definition) is 14. The normalized spacial score (nSPS) is 16.1. The van der Waals surface area contributed by atoms with Crippen LogP contribution in [0, 0.1) is 0 Å². The van der Waals surface area contributed by atoms with Gasteiger partial charge in [0.05, 0.1) is 12.6 Å². The van der Waals surface area contributed by atoms with Crippen LogP contribution in [-0.4, -0.2) is 150 Å². The van der Waals surface area contributed by atoms with Gasteiger partial charge in [-0.2, -0.15) is 0 Å². The summed E-state index contributed by atoms with van der Waals surface area (Å²) in [6, 6.07) is -0.523. The number of piperidine rings is 1. The fourth-order valence-electron chi connectivity index (χ4n) is 8.05. The number of H-pyrrole nitrogens is 1. The summed E-state index contributed by atoms with van der Waals surface area (Å²) in [7, 11) is 0. The van der Waals surface area contributed by atoms with Gasteiger partial charge in [-0.1, -0.05) is 18.2 Å². The number of fused-ring (bicyclic) bond motifs is 1. The Balaban J connectivity index is 1.86. The Labute approximate surface area is 408 Å². The summed E-state index contributed by atoms with van der Waals surface area (Å²) in [5.41, 5.74) is 35.1. The van der Waals surface area contributed by atoms with Gasteiger partial charge in [0.2, 0.25) is 41.4 Å². The van der Waals surface area contributed by atoms with Gasteiger partial charge in [-0.05, 0) is 128 Å². The zero-order valence-corrected chi connectivity index (χ0v) is 40.3. The SMILES string of the molecule is C[C@H](N)C(=O)N[C@@H](CCCN=C(N)N)C(=O)NCC(=O)N1CCCC[C@H]1C(=O)N[C@@H](CCCCN)C(=O)N[C@@H](Cc1c[nH]c2ccccc12)C(=O)N[C@@H](CCCCN)C(=O)N[C@@H](CCCCN)C(=O)O. The predicted octanol–water partition coefficient (Wildman–Crippen LogP) is -2.50. The first kappa shape index (κ1) is 57.9. The lowest BCUT2D eigenvalue weighted by molar-refractivity contribution is -0.143. The van der Waals surface area contributed by atoms with E-state index < -0.39 is 96.2 Å². The molecule has 3 rings (SSSR count). The number of nitrogens with zero attached hydrogens (tertiary/aromatic N) is 2. The van der Waals surface area contributed by atoms with Gasteiger partial charge >= 0.3 is 5.97 Å². The summed E-state index contributed by atoms with van der Waals surface area (Å²) in [4.78, 5) is 117. The molecule has 7 atom stereocenters. The number of aliphatic imine (C=N–C) groups is 1. The summed E-state index contributed by atoms with van der Waals surface area (Å²) in [5.74, 6) is -5.95. The van der Waals surface area contributed by atoms with Crippen molar-refractivity contribution >= 4 is 64.2 Å². The Morgan fingerprint density at radius 3 is 1.83 bits per heavy atom. The number of rotatable bonds is 32. The largest absolute Gasteiger partial charge is 0.480 e. The van der Waals surface area contributed by atoms with Crippen LogP contribution in [0.2, 0.25) is 0 Å². The molecule has 0 bridgehead atoms. The van der Waals surface area contributed by atoms with E-state index in [4.69, 9.17) is 34.4 Å². The minimum atomic E-state index is -1.30. The monoisotopic (exact) mass is 984 g/mol. The van der Waals surface area contributed by atoms with Crippen molar-refractivity contribution in [2.24, 2.45) is 39.4 Å². The summed E-state index contributed by atoms with van der Waals surface area (Å²) >= 11 is 0. The standard InChI is InChI=1S/C46H77N15O9/c1-28(50)39(63)56-32(18-12-23-53-46(51)52)40(64)55-27-38(62)61-24-11-7-19-37(61)44(68)58-34(16-5-9-21-48)42(66)60-36(25-29-26-54-31-14-3-2-13-30(29)31)43(67)57-33(15-4-8-20-47)41(65)59-35(45(69)70)17-6-10-22-49/h2-3,13-14,26,28,32-37,54H,4-12,15-25,27,47-50H2,1H3,(H,55,64)(H,56,63)(H,57,67)(H,58,68)(H,59,65)(H,60,66)(H,69,70)(H4,51,52,53)/t28-,32-,33-,34-,35-,36-,37-/m0/s1. The average molecular weight is 984 g/mol. The lowest BCUT2D eigenvalue weighted by Crippen LogP contribution is -2.60. The molecule has 0 unspecified atom stereocenters. The van der Waals surface area contributed by atoms with Crippen molar-refractivity contribution in [3.8, 4) is 0 Å². The first-order chi connectivity index (χ1) is 33.5. The molecule has 1 aromatic carbocycles. The van der Waals surface area contributed by atoms with Gasteiger partial charge in [-0.15, -0.1) is 0 Å². The lowest BCUT2D eigenvalue weighted by atomic mass is 9.99. The van der Waals surface area contributed by atoms with E-state index in [-0.39, 0.29) is 57.6 Å². The molecule has 0 saturated carbocycles. The second-order valence-corrected chi connectivity index (χ2v) is 17.6. The number of nitrogens with two attached hydrogens (primary N) is 6. The van der Waals surface area contributed by atoms with Gasteiger partial charge in [0.25, 0.3) is 0 Å². The summed E-state index contributed by atoms with van der Waals surface area (Å²) in [6.45, 7) is 2.31. The number of aromatic amines is 1. The molecule has 1 aliphatic heterocycles. The van der Waals surface area contributed by atoms with Crippen molar-refractivity contribution in [2.75, 3.05) is 39.3 Å². The second-order valence-electron chi connectivity index (χ2n) is 17.6. The number of nitrogens with one attached hydrogen (secondary N) is 7. The summed E-state index contributed by atoms with van der Waals surface area (Å²) in [5, 5.41) is 26.8. The van der Waals surface area contributed by atoms with Gasteiger partial charge in [0.1, 0.15) is 36.3 Å². The number of carbonyl (C=O) groups excluding carboxylic acids is 7. The van der Waals surface area contributed by atoms with Crippen LogP contribution < -0.4 is 66.3 Å². The van der Waals surface area contributed by atoms with E-state index in [1.54, 1.807) is 6.20 Å². The number of carbonyl (C=O) groups is 8. The third-order valence-electron chi connectivity index (χ3n) is 12.0. The third-order valence-corrected chi connectivity index (χ3v) is 12.0. The van der Waals surface area contributed by atoms with Crippen molar-refractivity contribution in [1.82, 2.24) is 41.8 Å². The second kappa shape index (κ2) is 31.0. The Morgan fingerprint density at radius 2 is 1.23 bits per heavy atom. The molecule has 0 aliphatic carbocycles. The molecule has 24 heteroatoms. The zero-order chi connectivity index (χ0) is 51.6. The van der Waals surface area contributed by atoms with Crippen molar-refractivity contribution in [3.63, 3.8) is 0 Å².